The number of nitrogens with two attached hydrogens (primary N) is 1. The van der Waals surface area contributed by atoms with Gasteiger partial charge in [-0.2, -0.15) is 0 Å². The van der Waals surface area contributed by atoms with Gasteiger partial charge in [-0.3, -0.25) is 0 Å². The van der Waals surface area contributed by atoms with Crippen molar-refractivity contribution < 1.29 is 8.42 Å². The summed E-state index contributed by atoms with van der Waals surface area (Å²) < 4.78 is 21.4. The third-order valence-corrected chi connectivity index (χ3v) is 2.76. The quantitative estimate of drug-likeness (QED) is 0.716. The first-order valence-electron chi connectivity index (χ1n) is 4.63. The molecule has 0 aromatic heterocycles. The predicted octanol–water partition coefficient (Wildman–Crippen LogP) is 1.55. The maximum absolute atomic E-state index is 10.7. The second-order valence-electron chi connectivity index (χ2n) is 4.09. The van der Waals surface area contributed by atoms with Crippen LogP contribution in [0.15, 0.2) is 0 Å². The SMILES string of the molecule is CC(C)C[CH]CC(C)CS(N)(=O)=O. The molecule has 0 rings (SSSR count). The van der Waals surface area contributed by atoms with Crippen molar-refractivity contribution in [1.82, 2.24) is 0 Å². The summed E-state index contributed by atoms with van der Waals surface area (Å²) in [5.41, 5.74) is 0. The minimum atomic E-state index is -3.29. The van der Waals surface area contributed by atoms with E-state index in [0.717, 1.165) is 12.8 Å². The average molecular weight is 206 g/mol. The monoisotopic (exact) mass is 206 g/mol. The standard InChI is InChI=1S/C9H20NO2S/c1-8(2)5-4-6-9(3)7-13(10,11)12/h4,8-9H,5-7H2,1-3H3,(H2,10,11,12). The van der Waals surface area contributed by atoms with Gasteiger partial charge in [-0.05, 0) is 31.1 Å². The Morgan fingerprint density at radius 1 is 1.23 bits per heavy atom. The van der Waals surface area contributed by atoms with E-state index in [4.69, 9.17) is 5.14 Å². The molecule has 0 amide bonds. The maximum Gasteiger partial charge on any atom is 0.209 e. The zero-order valence-electron chi connectivity index (χ0n) is 8.66. The second-order valence-corrected chi connectivity index (χ2v) is 5.75. The van der Waals surface area contributed by atoms with E-state index in [0.29, 0.717) is 5.92 Å². The molecular weight excluding hydrogens is 186 g/mol. The van der Waals surface area contributed by atoms with E-state index in [1.165, 1.54) is 0 Å². The lowest BCUT2D eigenvalue weighted by molar-refractivity contribution is 0.547. The maximum atomic E-state index is 10.7. The van der Waals surface area contributed by atoms with Gasteiger partial charge in [0.05, 0.1) is 5.75 Å². The summed E-state index contributed by atoms with van der Waals surface area (Å²) >= 11 is 0. The molecule has 0 fully saturated rings. The van der Waals surface area contributed by atoms with Crippen LogP contribution < -0.4 is 5.14 Å². The Hall–Kier alpha value is -0.0900. The summed E-state index contributed by atoms with van der Waals surface area (Å²) in [5, 5.41) is 4.93. The van der Waals surface area contributed by atoms with Crippen LogP contribution in [0.25, 0.3) is 0 Å². The van der Waals surface area contributed by atoms with Crippen LogP contribution in [-0.4, -0.2) is 14.2 Å². The van der Waals surface area contributed by atoms with Crippen molar-refractivity contribution >= 4 is 10.0 Å². The molecule has 0 aliphatic carbocycles. The lowest BCUT2D eigenvalue weighted by atomic mass is 10.0. The van der Waals surface area contributed by atoms with Gasteiger partial charge in [-0.15, -0.1) is 0 Å². The van der Waals surface area contributed by atoms with Crippen molar-refractivity contribution in [2.75, 3.05) is 5.75 Å². The van der Waals surface area contributed by atoms with Crippen LogP contribution in [0.5, 0.6) is 0 Å². The molecule has 0 bridgehead atoms. The molecule has 0 spiro atoms. The third-order valence-electron chi connectivity index (χ3n) is 1.72. The summed E-state index contributed by atoms with van der Waals surface area (Å²) in [5.74, 6) is 0.858. The Morgan fingerprint density at radius 2 is 1.77 bits per heavy atom. The molecule has 0 saturated carbocycles. The number of hydrogen-bond acceptors (Lipinski definition) is 2. The highest BCUT2D eigenvalue weighted by atomic mass is 32.2. The molecule has 4 heteroatoms. The van der Waals surface area contributed by atoms with Crippen molar-refractivity contribution in [3.63, 3.8) is 0 Å². The molecule has 0 saturated heterocycles. The highest BCUT2D eigenvalue weighted by Crippen LogP contribution is 2.12. The lowest BCUT2D eigenvalue weighted by Crippen LogP contribution is -2.21. The summed E-state index contributed by atoms with van der Waals surface area (Å²) in [4.78, 5) is 0. The van der Waals surface area contributed by atoms with Gasteiger partial charge in [-0.1, -0.05) is 20.8 Å². The normalized spacial score (nSPS) is 14.8. The summed E-state index contributed by atoms with van der Waals surface area (Å²) in [6, 6.07) is 0. The van der Waals surface area contributed by atoms with Crippen LogP contribution in [0.3, 0.4) is 0 Å². The highest BCUT2D eigenvalue weighted by Gasteiger charge is 2.10. The van der Waals surface area contributed by atoms with Crippen LogP contribution in [0.4, 0.5) is 0 Å². The number of hydrogen-bond donors (Lipinski definition) is 1. The third kappa shape index (κ3) is 9.83. The molecule has 1 radical (unpaired) electrons. The van der Waals surface area contributed by atoms with Crippen LogP contribution in [0, 0.1) is 18.3 Å². The van der Waals surface area contributed by atoms with E-state index >= 15 is 0 Å². The molecule has 2 N–H and O–H groups in total. The molecule has 0 aromatic rings. The van der Waals surface area contributed by atoms with Crippen LogP contribution in [0.1, 0.15) is 33.6 Å². The Bertz CT molecular complexity index is 222. The van der Waals surface area contributed by atoms with Crippen molar-refractivity contribution in [2.45, 2.75) is 33.6 Å². The van der Waals surface area contributed by atoms with E-state index in [1.807, 2.05) is 6.92 Å². The number of rotatable bonds is 6. The Kier molecular flexibility index (Phi) is 5.56. The largest absolute Gasteiger partial charge is 0.229 e. The zero-order chi connectivity index (χ0) is 10.5. The fourth-order valence-corrected chi connectivity index (χ4v) is 2.11. The molecule has 0 aromatic carbocycles. The fourth-order valence-electron chi connectivity index (χ4n) is 1.18. The first-order valence-corrected chi connectivity index (χ1v) is 6.35. The summed E-state index contributed by atoms with van der Waals surface area (Å²) in [6.07, 6.45) is 4.00. The molecule has 0 aliphatic rings. The van der Waals surface area contributed by atoms with Gasteiger partial charge in [0, 0.05) is 0 Å². The van der Waals surface area contributed by atoms with E-state index in [2.05, 4.69) is 20.3 Å². The van der Waals surface area contributed by atoms with Crippen molar-refractivity contribution in [3.05, 3.63) is 6.42 Å². The van der Waals surface area contributed by atoms with Crippen molar-refractivity contribution in [1.29, 1.82) is 0 Å². The van der Waals surface area contributed by atoms with Gasteiger partial charge < -0.3 is 0 Å². The fraction of sp³-hybridized carbons (Fsp3) is 0.889. The topological polar surface area (TPSA) is 60.2 Å². The van der Waals surface area contributed by atoms with E-state index in [9.17, 15) is 8.42 Å². The van der Waals surface area contributed by atoms with Crippen molar-refractivity contribution in [3.8, 4) is 0 Å². The van der Waals surface area contributed by atoms with Gasteiger partial charge in [0.15, 0.2) is 0 Å². The first-order chi connectivity index (χ1) is 5.81. The van der Waals surface area contributed by atoms with E-state index in [-0.39, 0.29) is 11.7 Å². The Labute approximate surface area is 81.8 Å². The minimum Gasteiger partial charge on any atom is -0.229 e. The number of primary sulfonamides is 1. The molecule has 0 aliphatic heterocycles. The summed E-state index contributed by atoms with van der Waals surface area (Å²) in [6.45, 7) is 6.18. The molecule has 79 valence electrons. The predicted molar refractivity (Wildman–Crippen MR) is 55.5 cm³/mol. The molecule has 1 atom stereocenters. The Balaban J connectivity index is 3.58. The van der Waals surface area contributed by atoms with Gasteiger partial charge in [-0.25, -0.2) is 13.6 Å². The van der Waals surface area contributed by atoms with Gasteiger partial charge in [0.1, 0.15) is 0 Å². The molecule has 1 unspecified atom stereocenters. The molecule has 3 nitrogen and oxygen atoms in total. The first kappa shape index (κ1) is 12.9. The van der Waals surface area contributed by atoms with Crippen LogP contribution in [0.2, 0.25) is 0 Å². The smallest absolute Gasteiger partial charge is 0.209 e. The van der Waals surface area contributed by atoms with Gasteiger partial charge in [0.25, 0.3) is 0 Å². The van der Waals surface area contributed by atoms with Crippen LogP contribution >= 0.6 is 0 Å². The molecule has 13 heavy (non-hydrogen) atoms. The molecule has 0 heterocycles. The molecular formula is C9H20NO2S. The Morgan fingerprint density at radius 3 is 2.15 bits per heavy atom. The number of sulfonamides is 1. The van der Waals surface area contributed by atoms with Crippen LogP contribution in [-0.2, 0) is 10.0 Å². The van der Waals surface area contributed by atoms with Gasteiger partial charge >= 0.3 is 0 Å². The van der Waals surface area contributed by atoms with E-state index in [1.54, 1.807) is 0 Å². The van der Waals surface area contributed by atoms with Crippen molar-refractivity contribution in [2.24, 2.45) is 17.0 Å². The zero-order valence-corrected chi connectivity index (χ0v) is 9.47. The highest BCUT2D eigenvalue weighted by molar-refractivity contribution is 7.89. The van der Waals surface area contributed by atoms with E-state index < -0.39 is 10.0 Å². The average Bonchev–Trinajstić information content (AvgIpc) is 1.81. The lowest BCUT2D eigenvalue weighted by Gasteiger charge is -2.10. The summed E-state index contributed by atoms with van der Waals surface area (Å²) in [7, 11) is -3.29. The minimum absolute atomic E-state index is 0.0849. The van der Waals surface area contributed by atoms with Gasteiger partial charge in [0.2, 0.25) is 10.0 Å². The second kappa shape index (κ2) is 5.60.